The third kappa shape index (κ3) is 4.91. The first-order chi connectivity index (χ1) is 7.76. The van der Waals surface area contributed by atoms with Crippen molar-refractivity contribution in [1.29, 1.82) is 0 Å². The predicted molar refractivity (Wildman–Crippen MR) is 75.3 cm³/mol. The highest BCUT2D eigenvalue weighted by Gasteiger charge is 2.05. The first kappa shape index (κ1) is 13.4. The lowest BCUT2D eigenvalue weighted by atomic mass is 10.6. The van der Waals surface area contributed by atoms with Crippen molar-refractivity contribution in [2.75, 3.05) is 17.6 Å². The number of rotatable bonds is 6. The molecule has 0 unspecified atom stereocenters. The third-order valence-corrected chi connectivity index (χ3v) is 3.89. The maximum absolute atomic E-state index is 5.06. The van der Waals surface area contributed by atoms with Crippen LogP contribution in [0, 0.1) is 0 Å². The van der Waals surface area contributed by atoms with E-state index >= 15 is 0 Å². The molecule has 1 rings (SSSR count). The van der Waals surface area contributed by atoms with Crippen molar-refractivity contribution in [3.63, 3.8) is 0 Å². The summed E-state index contributed by atoms with van der Waals surface area (Å²) in [6.45, 7) is 6.38. The van der Waals surface area contributed by atoms with Gasteiger partial charge in [0.05, 0.1) is 0 Å². The Morgan fingerprint density at radius 2 is 2.44 bits per heavy atom. The van der Waals surface area contributed by atoms with Crippen LogP contribution in [-0.4, -0.2) is 27.6 Å². The van der Waals surface area contributed by atoms with Crippen LogP contribution in [0.4, 0.5) is 5.13 Å². The zero-order valence-electron chi connectivity index (χ0n) is 9.02. The van der Waals surface area contributed by atoms with Gasteiger partial charge in [0.25, 0.3) is 0 Å². The quantitative estimate of drug-likeness (QED) is 0.472. The van der Waals surface area contributed by atoms with Gasteiger partial charge < -0.3 is 10.6 Å². The Bertz CT molecular complexity index is 350. The lowest BCUT2D eigenvalue weighted by Crippen LogP contribution is -2.28. The molecule has 1 aromatic heterocycles. The van der Waals surface area contributed by atoms with Gasteiger partial charge in [-0.15, -0.1) is 16.8 Å². The van der Waals surface area contributed by atoms with Crippen molar-refractivity contribution in [2.45, 2.75) is 17.7 Å². The van der Waals surface area contributed by atoms with Crippen molar-refractivity contribution in [3.8, 4) is 0 Å². The lowest BCUT2D eigenvalue weighted by molar-refractivity contribution is 1.00. The molecule has 0 spiro atoms. The van der Waals surface area contributed by atoms with Gasteiger partial charge in [0.2, 0.25) is 5.13 Å². The second kappa shape index (κ2) is 7.59. The molecule has 88 valence electrons. The predicted octanol–water partition coefficient (Wildman–Crippen LogP) is 2.51. The number of nitrogens with zero attached hydrogens (tertiary/aromatic N) is 2. The average Bonchev–Trinajstić information content (AvgIpc) is 2.71. The van der Waals surface area contributed by atoms with Gasteiger partial charge in [0, 0.05) is 12.3 Å². The number of aromatic nitrogens is 2. The first-order valence-corrected chi connectivity index (χ1v) is 7.09. The van der Waals surface area contributed by atoms with Crippen LogP contribution in [0.15, 0.2) is 17.0 Å². The van der Waals surface area contributed by atoms with Gasteiger partial charge in [-0.2, -0.15) is 0 Å². The molecule has 4 nitrogen and oxygen atoms in total. The van der Waals surface area contributed by atoms with E-state index in [4.69, 9.17) is 12.2 Å². The van der Waals surface area contributed by atoms with Crippen molar-refractivity contribution in [3.05, 3.63) is 12.7 Å². The summed E-state index contributed by atoms with van der Waals surface area (Å²) >= 11 is 8.28. The fourth-order valence-corrected chi connectivity index (χ4v) is 2.74. The Morgan fingerprint density at radius 1 is 1.62 bits per heavy atom. The maximum atomic E-state index is 5.06. The molecule has 1 heterocycles. The van der Waals surface area contributed by atoms with E-state index in [1.165, 1.54) is 11.3 Å². The van der Waals surface area contributed by atoms with Gasteiger partial charge in [-0.05, 0) is 18.6 Å². The van der Waals surface area contributed by atoms with Crippen LogP contribution in [0.1, 0.15) is 13.3 Å². The minimum atomic E-state index is 0.545. The van der Waals surface area contributed by atoms with E-state index in [2.05, 4.69) is 34.3 Å². The molecule has 1 aromatic rings. The molecule has 0 aliphatic heterocycles. The van der Waals surface area contributed by atoms with Crippen LogP contribution in [0.25, 0.3) is 0 Å². The summed E-state index contributed by atoms with van der Waals surface area (Å²) in [5.41, 5.74) is 0. The summed E-state index contributed by atoms with van der Waals surface area (Å²) in [7, 11) is 0. The summed E-state index contributed by atoms with van der Waals surface area (Å²) in [4.78, 5) is 0. The van der Waals surface area contributed by atoms with Crippen LogP contribution in [0.2, 0.25) is 0 Å². The summed E-state index contributed by atoms with van der Waals surface area (Å²) < 4.78 is 0.968. The second-order valence-corrected chi connectivity index (χ2v) is 5.57. The molecule has 0 atom stereocenters. The molecule has 7 heteroatoms. The minimum absolute atomic E-state index is 0.545. The van der Waals surface area contributed by atoms with Crippen LogP contribution in [0.5, 0.6) is 0 Å². The maximum Gasteiger partial charge on any atom is 0.212 e. The van der Waals surface area contributed by atoms with E-state index in [0.717, 1.165) is 21.6 Å². The summed E-state index contributed by atoms with van der Waals surface area (Å²) in [5.74, 6) is 1.06. The highest BCUT2D eigenvalue weighted by Crippen LogP contribution is 2.25. The molecule has 0 aliphatic carbocycles. The van der Waals surface area contributed by atoms with Gasteiger partial charge in [-0.25, -0.2) is 0 Å². The SMILES string of the molecule is C=CCNC(=S)Nc1nnc(SCCC)s1. The fourth-order valence-electron chi connectivity index (χ4n) is 0.814. The molecule has 0 aliphatic rings. The van der Waals surface area contributed by atoms with E-state index in [0.29, 0.717) is 11.7 Å². The van der Waals surface area contributed by atoms with Gasteiger partial charge in [0.1, 0.15) is 0 Å². The molecule has 0 bridgehead atoms. The Hall–Kier alpha value is -0.660. The molecule has 0 saturated carbocycles. The Kier molecular flexibility index (Phi) is 6.36. The van der Waals surface area contributed by atoms with E-state index < -0.39 is 0 Å². The molecule has 0 aromatic carbocycles. The van der Waals surface area contributed by atoms with Crippen molar-refractivity contribution in [1.82, 2.24) is 15.5 Å². The Balaban J connectivity index is 2.39. The summed E-state index contributed by atoms with van der Waals surface area (Å²) in [6, 6.07) is 0. The molecular formula is C9H14N4S3. The van der Waals surface area contributed by atoms with Gasteiger partial charge in [-0.3, -0.25) is 0 Å². The fraction of sp³-hybridized carbons (Fsp3) is 0.444. The number of anilines is 1. The standard InChI is InChI=1S/C9H14N4S3/c1-3-5-10-7(14)11-8-12-13-9(16-8)15-6-4-2/h3H,1,4-6H2,2H3,(H2,10,11,12,14). The smallest absolute Gasteiger partial charge is 0.212 e. The van der Waals surface area contributed by atoms with Crippen molar-refractivity contribution >= 4 is 45.6 Å². The second-order valence-electron chi connectivity index (χ2n) is 2.85. The van der Waals surface area contributed by atoms with Gasteiger partial charge in [-0.1, -0.05) is 36.1 Å². The summed E-state index contributed by atoms with van der Waals surface area (Å²) in [5, 5.41) is 15.3. The van der Waals surface area contributed by atoms with Crippen molar-refractivity contribution in [2.24, 2.45) is 0 Å². The van der Waals surface area contributed by atoms with Gasteiger partial charge in [0.15, 0.2) is 9.45 Å². The monoisotopic (exact) mass is 274 g/mol. The van der Waals surface area contributed by atoms with E-state index in [1.54, 1.807) is 17.8 Å². The molecule has 0 radical (unpaired) electrons. The van der Waals surface area contributed by atoms with Crippen LogP contribution < -0.4 is 10.6 Å². The molecule has 16 heavy (non-hydrogen) atoms. The zero-order chi connectivity index (χ0) is 11.8. The van der Waals surface area contributed by atoms with E-state index in [1.807, 2.05) is 0 Å². The number of hydrogen-bond donors (Lipinski definition) is 2. The van der Waals surface area contributed by atoms with E-state index in [9.17, 15) is 0 Å². The normalized spacial score (nSPS) is 9.81. The van der Waals surface area contributed by atoms with Gasteiger partial charge >= 0.3 is 0 Å². The average molecular weight is 274 g/mol. The molecular weight excluding hydrogens is 260 g/mol. The largest absolute Gasteiger partial charge is 0.359 e. The Labute approximate surface area is 109 Å². The van der Waals surface area contributed by atoms with Crippen LogP contribution >= 0.6 is 35.3 Å². The number of nitrogens with one attached hydrogen (secondary N) is 2. The van der Waals surface area contributed by atoms with E-state index in [-0.39, 0.29) is 0 Å². The Morgan fingerprint density at radius 3 is 3.12 bits per heavy atom. The number of thiocarbonyl (C=S) groups is 1. The topological polar surface area (TPSA) is 49.8 Å². The minimum Gasteiger partial charge on any atom is -0.359 e. The number of hydrogen-bond acceptors (Lipinski definition) is 5. The van der Waals surface area contributed by atoms with Crippen LogP contribution in [0.3, 0.4) is 0 Å². The molecule has 0 amide bonds. The third-order valence-electron chi connectivity index (χ3n) is 1.46. The molecule has 0 saturated heterocycles. The molecule has 2 N–H and O–H groups in total. The van der Waals surface area contributed by atoms with Crippen LogP contribution in [-0.2, 0) is 0 Å². The first-order valence-electron chi connectivity index (χ1n) is 4.88. The number of thioether (sulfide) groups is 1. The van der Waals surface area contributed by atoms with Crippen molar-refractivity contribution < 1.29 is 0 Å². The lowest BCUT2D eigenvalue weighted by Gasteiger charge is -2.04. The summed E-state index contributed by atoms with van der Waals surface area (Å²) in [6.07, 6.45) is 2.88. The zero-order valence-corrected chi connectivity index (χ0v) is 11.5. The molecule has 0 fully saturated rings. The highest BCUT2D eigenvalue weighted by atomic mass is 32.2. The highest BCUT2D eigenvalue weighted by molar-refractivity contribution is 8.01.